The number of para-hydroxylation sites is 1. The first kappa shape index (κ1) is 15.9. The molecule has 1 fully saturated rings. The van der Waals surface area contributed by atoms with E-state index in [1.807, 2.05) is 12.1 Å². The summed E-state index contributed by atoms with van der Waals surface area (Å²) in [4.78, 5) is 18.3. The van der Waals surface area contributed by atoms with Crippen LogP contribution in [0.5, 0.6) is 0 Å². The third-order valence-corrected chi connectivity index (χ3v) is 4.80. The first-order chi connectivity index (χ1) is 12.2. The maximum absolute atomic E-state index is 12.6. The van der Waals surface area contributed by atoms with Crippen molar-refractivity contribution in [1.82, 2.24) is 4.98 Å². The Balaban J connectivity index is 1.77. The first-order valence-electron chi connectivity index (χ1n) is 8.74. The molecule has 1 aliphatic heterocycles. The molecule has 25 heavy (non-hydrogen) atoms. The monoisotopic (exact) mass is 334 g/mol. The number of H-pyrrole nitrogens is 1. The van der Waals surface area contributed by atoms with Crippen molar-refractivity contribution in [3.05, 3.63) is 75.4 Å². The Morgan fingerprint density at radius 3 is 2.60 bits per heavy atom. The van der Waals surface area contributed by atoms with Gasteiger partial charge in [-0.1, -0.05) is 42.0 Å². The molecule has 2 heterocycles. The largest absolute Gasteiger partial charge is 0.378 e. The summed E-state index contributed by atoms with van der Waals surface area (Å²) in [5.41, 5.74) is 4.66. The third-order valence-electron chi connectivity index (χ3n) is 4.80. The van der Waals surface area contributed by atoms with Crippen LogP contribution in [0, 0.1) is 6.92 Å². The minimum atomic E-state index is 0.0704. The summed E-state index contributed by atoms with van der Waals surface area (Å²) in [5, 5.41) is 0.752. The Kier molecular flexibility index (Phi) is 4.28. The molecule has 4 rings (SSSR count). The van der Waals surface area contributed by atoms with E-state index >= 15 is 0 Å². The van der Waals surface area contributed by atoms with Crippen molar-refractivity contribution in [2.24, 2.45) is 0 Å². The highest BCUT2D eigenvalue weighted by Crippen LogP contribution is 2.21. The Morgan fingerprint density at radius 1 is 1.08 bits per heavy atom. The number of anilines is 1. The van der Waals surface area contributed by atoms with Gasteiger partial charge in [-0.2, -0.15) is 0 Å². The van der Waals surface area contributed by atoms with Gasteiger partial charge in [0, 0.05) is 24.5 Å². The number of morpholine rings is 1. The summed E-state index contributed by atoms with van der Waals surface area (Å²) in [6.45, 7) is 5.10. The summed E-state index contributed by atoms with van der Waals surface area (Å²) in [6, 6.07) is 16.2. The number of ether oxygens (including phenoxy) is 1. The molecule has 1 saturated heterocycles. The SMILES string of the molecule is Cc1ccc(Cc2cccc3c(=O)cc(N4CCOCC4)[nH]c23)cc1. The second-order valence-corrected chi connectivity index (χ2v) is 6.62. The quantitative estimate of drug-likeness (QED) is 0.800. The van der Waals surface area contributed by atoms with Gasteiger partial charge in [0.1, 0.15) is 5.82 Å². The van der Waals surface area contributed by atoms with Gasteiger partial charge in [0.25, 0.3) is 0 Å². The third kappa shape index (κ3) is 3.30. The molecule has 2 aromatic carbocycles. The highest BCUT2D eigenvalue weighted by atomic mass is 16.5. The van der Waals surface area contributed by atoms with Crippen LogP contribution >= 0.6 is 0 Å². The number of rotatable bonds is 3. The number of nitrogens with zero attached hydrogens (tertiary/aromatic N) is 1. The lowest BCUT2D eigenvalue weighted by Gasteiger charge is -2.28. The van der Waals surface area contributed by atoms with Crippen LogP contribution in [0.4, 0.5) is 5.82 Å². The molecule has 128 valence electrons. The highest BCUT2D eigenvalue weighted by molar-refractivity contribution is 5.83. The smallest absolute Gasteiger partial charge is 0.191 e. The van der Waals surface area contributed by atoms with Crippen LogP contribution in [0.1, 0.15) is 16.7 Å². The Hall–Kier alpha value is -2.59. The van der Waals surface area contributed by atoms with Gasteiger partial charge in [0.05, 0.1) is 18.7 Å². The van der Waals surface area contributed by atoms with Gasteiger partial charge in [-0.15, -0.1) is 0 Å². The van der Waals surface area contributed by atoms with Crippen LogP contribution in [0.15, 0.2) is 53.3 Å². The molecular formula is C21H22N2O2. The van der Waals surface area contributed by atoms with E-state index in [0.29, 0.717) is 13.2 Å². The Labute approximate surface area is 147 Å². The van der Waals surface area contributed by atoms with E-state index in [1.165, 1.54) is 11.1 Å². The van der Waals surface area contributed by atoms with E-state index in [9.17, 15) is 4.79 Å². The number of aromatic nitrogens is 1. The fourth-order valence-corrected chi connectivity index (χ4v) is 3.37. The Bertz CT molecular complexity index is 938. The van der Waals surface area contributed by atoms with E-state index in [2.05, 4.69) is 47.1 Å². The van der Waals surface area contributed by atoms with Crippen LogP contribution in [0.3, 0.4) is 0 Å². The van der Waals surface area contributed by atoms with Crippen molar-refractivity contribution < 1.29 is 4.74 Å². The lowest BCUT2D eigenvalue weighted by molar-refractivity contribution is 0.122. The standard InChI is InChI=1S/C21H22N2O2/c1-15-5-7-16(8-6-15)13-17-3-2-4-18-19(24)14-20(22-21(17)18)23-9-11-25-12-10-23/h2-8,14H,9-13H2,1H3,(H,22,24). The number of pyridine rings is 1. The summed E-state index contributed by atoms with van der Waals surface area (Å²) < 4.78 is 5.42. The zero-order valence-corrected chi connectivity index (χ0v) is 14.4. The molecule has 1 N–H and O–H groups in total. The maximum atomic E-state index is 12.6. The molecule has 0 radical (unpaired) electrons. The molecule has 1 aromatic heterocycles. The minimum Gasteiger partial charge on any atom is -0.378 e. The van der Waals surface area contributed by atoms with Crippen molar-refractivity contribution in [3.63, 3.8) is 0 Å². The summed E-state index contributed by atoms with van der Waals surface area (Å²) >= 11 is 0. The molecule has 0 amide bonds. The predicted octanol–water partition coefficient (Wildman–Crippen LogP) is 3.26. The summed E-state index contributed by atoms with van der Waals surface area (Å²) in [7, 11) is 0. The van der Waals surface area contributed by atoms with Crippen molar-refractivity contribution >= 4 is 16.7 Å². The van der Waals surface area contributed by atoms with Crippen LogP contribution in [-0.2, 0) is 11.2 Å². The van der Waals surface area contributed by atoms with E-state index in [-0.39, 0.29) is 5.43 Å². The first-order valence-corrected chi connectivity index (χ1v) is 8.74. The molecule has 0 unspecified atom stereocenters. The van der Waals surface area contributed by atoms with Crippen LogP contribution in [0.2, 0.25) is 0 Å². The number of aryl methyl sites for hydroxylation is 1. The van der Waals surface area contributed by atoms with Gasteiger partial charge in [0.15, 0.2) is 5.43 Å². The molecule has 0 atom stereocenters. The lowest BCUT2D eigenvalue weighted by atomic mass is 10.0. The van der Waals surface area contributed by atoms with E-state index in [1.54, 1.807) is 6.07 Å². The Morgan fingerprint density at radius 2 is 1.84 bits per heavy atom. The molecule has 4 nitrogen and oxygen atoms in total. The molecular weight excluding hydrogens is 312 g/mol. The molecule has 0 bridgehead atoms. The van der Waals surface area contributed by atoms with Crippen molar-refractivity contribution in [3.8, 4) is 0 Å². The highest BCUT2D eigenvalue weighted by Gasteiger charge is 2.14. The van der Waals surface area contributed by atoms with Crippen molar-refractivity contribution in [2.75, 3.05) is 31.2 Å². The number of nitrogens with one attached hydrogen (secondary N) is 1. The second kappa shape index (κ2) is 6.73. The molecule has 0 saturated carbocycles. The van der Waals surface area contributed by atoms with Gasteiger partial charge in [0.2, 0.25) is 0 Å². The van der Waals surface area contributed by atoms with Gasteiger partial charge in [-0.3, -0.25) is 4.79 Å². The number of benzene rings is 2. The minimum absolute atomic E-state index is 0.0704. The van der Waals surface area contributed by atoms with Gasteiger partial charge < -0.3 is 14.6 Å². The van der Waals surface area contributed by atoms with Crippen LogP contribution in [-0.4, -0.2) is 31.3 Å². The maximum Gasteiger partial charge on any atom is 0.191 e. The number of hydrogen-bond acceptors (Lipinski definition) is 3. The van der Waals surface area contributed by atoms with Gasteiger partial charge >= 0.3 is 0 Å². The topological polar surface area (TPSA) is 45.3 Å². The van der Waals surface area contributed by atoms with Crippen LogP contribution in [0.25, 0.3) is 10.9 Å². The molecule has 4 heteroatoms. The van der Waals surface area contributed by atoms with E-state index < -0.39 is 0 Å². The zero-order chi connectivity index (χ0) is 17.2. The van der Waals surface area contributed by atoms with E-state index in [4.69, 9.17) is 4.74 Å². The normalized spacial score (nSPS) is 14.8. The average molecular weight is 334 g/mol. The molecule has 1 aliphatic rings. The zero-order valence-electron chi connectivity index (χ0n) is 14.4. The van der Waals surface area contributed by atoms with Gasteiger partial charge in [-0.05, 0) is 30.5 Å². The number of hydrogen-bond donors (Lipinski definition) is 1. The summed E-state index contributed by atoms with van der Waals surface area (Å²) in [6.07, 6.45) is 0.806. The van der Waals surface area contributed by atoms with Gasteiger partial charge in [-0.25, -0.2) is 0 Å². The van der Waals surface area contributed by atoms with Crippen molar-refractivity contribution in [2.45, 2.75) is 13.3 Å². The molecule has 0 aliphatic carbocycles. The van der Waals surface area contributed by atoms with Crippen molar-refractivity contribution in [1.29, 1.82) is 0 Å². The molecule has 3 aromatic rings. The predicted molar refractivity (Wildman–Crippen MR) is 102 cm³/mol. The fourth-order valence-electron chi connectivity index (χ4n) is 3.37. The fraction of sp³-hybridized carbons (Fsp3) is 0.286. The number of fused-ring (bicyclic) bond motifs is 1. The second-order valence-electron chi connectivity index (χ2n) is 6.62. The van der Waals surface area contributed by atoms with Crippen LogP contribution < -0.4 is 10.3 Å². The lowest BCUT2D eigenvalue weighted by Crippen LogP contribution is -2.37. The average Bonchev–Trinajstić information content (AvgIpc) is 2.65. The number of aromatic amines is 1. The summed E-state index contributed by atoms with van der Waals surface area (Å²) in [5.74, 6) is 0.886. The van der Waals surface area contributed by atoms with E-state index in [0.717, 1.165) is 41.8 Å². The molecule has 0 spiro atoms.